The van der Waals surface area contributed by atoms with Crippen molar-refractivity contribution in [2.24, 2.45) is 11.8 Å². The summed E-state index contributed by atoms with van der Waals surface area (Å²) in [5, 5.41) is 35.0. The first-order valence-corrected chi connectivity index (χ1v) is 29.3. The third-order valence-electron chi connectivity index (χ3n) is 17.1. The molecule has 80 heavy (non-hydrogen) atoms. The second-order valence-electron chi connectivity index (χ2n) is 23.0. The summed E-state index contributed by atoms with van der Waals surface area (Å²) in [4.78, 5) is 58.9. The number of nitrogens with zero attached hydrogens (tertiary/aromatic N) is 10. The van der Waals surface area contributed by atoms with Crippen molar-refractivity contribution in [2.45, 2.75) is 96.5 Å². The van der Waals surface area contributed by atoms with Crippen LogP contribution in [-0.4, -0.2) is 165 Å². The Bertz CT molecular complexity index is 3390. The normalized spacial score (nSPS) is 21.7. The van der Waals surface area contributed by atoms with Crippen LogP contribution in [0.4, 0.5) is 16.0 Å². The van der Waals surface area contributed by atoms with Gasteiger partial charge >= 0.3 is 6.01 Å². The second kappa shape index (κ2) is 22.6. The van der Waals surface area contributed by atoms with Gasteiger partial charge in [0.2, 0.25) is 11.8 Å². The van der Waals surface area contributed by atoms with Gasteiger partial charge in [-0.25, -0.2) is 9.37 Å². The van der Waals surface area contributed by atoms with Crippen LogP contribution >= 0.6 is 11.3 Å². The van der Waals surface area contributed by atoms with E-state index >= 15 is 4.39 Å². The number of amides is 2. The van der Waals surface area contributed by atoms with Gasteiger partial charge in [0, 0.05) is 114 Å². The number of aromatic nitrogens is 5. The molecule has 2 bridgehead atoms. The largest absolute Gasteiger partial charge is 0.508 e. The molecule has 0 spiro atoms. The first-order valence-electron chi connectivity index (χ1n) is 28.5. The average Bonchev–Trinajstić information content (AvgIpc) is 4.30. The highest BCUT2D eigenvalue weighted by Gasteiger charge is 2.44. The summed E-state index contributed by atoms with van der Waals surface area (Å²) < 4.78 is 29.4. The highest BCUT2D eigenvalue weighted by Crippen LogP contribution is 2.40. The minimum absolute atomic E-state index is 0.0409. The summed E-state index contributed by atoms with van der Waals surface area (Å²) in [6.07, 6.45) is 3.92. The number of carbonyl (C=O) groups is 2. The van der Waals surface area contributed by atoms with Gasteiger partial charge in [0.05, 0.1) is 33.6 Å². The molecule has 0 aliphatic carbocycles. The lowest BCUT2D eigenvalue weighted by atomic mass is 9.91. The third-order valence-corrected chi connectivity index (χ3v) is 18.1. The molecule has 0 saturated carbocycles. The minimum Gasteiger partial charge on any atom is -0.508 e. The molecule has 4 aromatic heterocycles. The maximum absolute atomic E-state index is 17.1. The number of piperazine rings is 2. The van der Waals surface area contributed by atoms with Gasteiger partial charge in [-0.2, -0.15) is 9.97 Å². The number of carbonyl (C=O) groups excluding carboxylic acids is 2. The van der Waals surface area contributed by atoms with Crippen LogP contribution in [0.15, 0.2) is 76.9 Å². The molecule has 7 aromatic rings. The summed E-state index contributed by atoms with van der Waals surface area (Å²) in [6.45, 7) is 18.6. The van der Waals surface area contributed by atoms with Gasteiger partial charge in [0.15, 0.2) is 17.4 Å². The highest BCUT2D eigenvalue weighted by molar-refractivity contribution is 7.13. The molecule has 4 unspecified atom stereocenters. The number of phenols is 1. The number of rotatable bonds is 17. The Morgan fingerprint density at radius 3 is 2.42 bits per heavy atom. The molecular weight excluding hydrogens is 1040 g/mol. The van der Waals surface area contributed by atoms with E-state index in [0.29, 0.717) is 59.5 Å². The number of aliphatic hydroxyl groups is 1. The molecule has 5 aliphatic heterocycles. The number of likely N-dealkylation sites (tertiary alicyclic amines) is 1. The average molecular weight is 1110 g/mol. The van der Waals surface area contributed by atoms with Crippen molar-refractivity contribution < 1.29 is 33.5 Å². The van der Waals surface area contributed by atoms with Crippen molar-refractivity contribution in [1.82, 2.24) is 50.4 Å². The Kier molecular flexibility index (Phi) is 15.2. The Morgan fingerprint density at radius 2 is 1.70 bits per heavy atom. The van der Waals surface area contributed by atoms with Gasteiger partial charge in [0.1, 0.15) is 41.3 Å². The Balaban J connectivity index is 0.640. The van der Waals surface area contributed by atoms with Crippen LogP contribution in [0.1, 0.15) is 81.5 Å². The highest BCUT2D eigenvalue weighted by atomic mass is 32.1. The molecule has 420 valence electrons. The van der Waals surface area contributed by atoms with Crippen LogP contribution in [-0.2, 0) is 16.0 Å². The SMILES string of the molecule is CCc1cccc2cc(O)cc(-c3ncc4c(N5CC6CCC(C5)N6)nc(OCCN5CCN(CC6CN(c7cc(C(C(=O)N8C[C@H](O)C[C@H]8C(=O)NC(C)c8ccc(-c9scnc9C)cc8)C(C)C)on7)C6)CC5)nc4c3F)c12. The van der Waals surface area contributed by atoms with Crippen molar-refractivity contribution in [3.05, 3.63) is 101 Å². The molecule has 0 radical (unpaired) electrons. The number of anilines is 2. The quantitative estimate of drug-likeness (QED) is 0.0706. The molecule has 20 heteroatoms. The number of benzene rings is 3. The van der Waals surface area contributed by atoms with E-state index in [-0.39, 0.29) is 59.7 Å². The van der Waals surface area contributed by atoms with E-state index in [1.54, 1.807) is 29.7 Å². The molecule has 2 amide bonds. The van der Waals surface area contributed by atoms with Crippen LogP contribution in [0.2, 0.25) is 0 Å². The van der Waals surface area contributed by atoms with Crippen LogP contribution in [0.25, 0.3) is 43.4 Å². The monoisotopic (exact) mass is 1110 g/mol. The smallest absolute Gasteiger partial charge is 0.319 e. The van der Waals surface area contributed by atoms with Gasteiger partial charge in [-0.1, -0.05) is 68.4 Å². The topological polar surface area (TPSA) is 202 Å². The molecule has 6 atom stereocenters. The Hall–Kier alpha value is -6.84. The van der Waals surface area contributed by atoms with Gasteiger partial charge in [0.25, 0.3) is 0 Å². The van der Waals surface area contributed by atoms with Gasteiger partial charge in [-0.15, -0.1) is 11.3 Å². The van der Waals surface area contributed by atoms with Crippen molar-refractivity contribution in [3.8, 4) is 33.5 Å². The number of aromatic hydroxyl groups is 1. The van der Waals surface area contributed by atoms with Crippen molar-refractivity contribution in [1.29, 1.82) is 0 Å². The lowest BCUT2D eigenvalue weighted by molar-refractivity contribution is -0.141. The number of ether oxygens (including phenoxy) is 1. The molecule has 12 rings (SSSR count). The predicted molar refractivity (Wildman–Crippen MR) is 307 cm³/mol. The van der Waals surface area contributed by atoms with Crippen LogP contribution in [0.3, 0.4) is 0 Å². The number of phenolic OH excluding ortho intramolecular Hbond substituents is 1. The van der Waals surface area contributed by atoms with E-state index in [4.69, 9.17) is 24.2 Å². The molecule has 9 heterocycles. The van der Waals surface area contributed by atoms with E-state index in [2.05, 4.69) is 47.3 Å². The van der Waals surface area contributed by atoms with Gasteiger partial charge < -0.3 is 49.7 Å². The van der Waals surface area contributed by atoms with E-state index in [9.17, 15) is 19.8 Å². The fourth-order valence-corrected chi connectivity index (χ4v) is 13.7. The summed E-state index contributed by atoms with van der Waals surface area (Å²) in [6, 6.07) is 18.8. The van der Waals surface area contributed by atoms with Crippen LogP contribution in [0.5, 0.6) is 11.8 Å². The maximum Gasteiger partial charge on any atom is 0.319 e. The summed E-state index contributed by atoms with van der Waals surface area (Å²) in [5.74, 6) is 0.299. The molecule has 3 aromatic carbocycles. The zero-order chi connectivity index (χ0) is 55.3. The molecule has 5 fully saturated rings. The van der Waals surface area contributed by atoms with Crippen molar-refractivity contribution >= 4 is 56.5 Å². The number of hydrogen-bond donors (Lipinski definition) is 4. The Morgan fingerprint density at radius 1 is 0.938 bits per heavy atom. The van der Waals surface area contributed by atoms with Crippen LogP contribution in [0, 0.1) is 24.6 Å². The molecule has 18 nitrogen and oxygen atoms in total. The van der Waals surface area contributed by atoms with E-state index < -0.39 is 23.9 Å². The number of aryl methyl sites for hydroxylation is 2. The first kappa shape index (κ1) is 53.8. The standard InChI is InChI=1S/C60H71FN12O6S/c1-6-38-8-7-9-41-22-44(74)23-46(52(38)41)54-53(61)55-47(26-62-54)57(72-30-42-14-15-43(31-72)65-42)67-60(66-55)78-21-20-69-16-18-70(19-17-69)27-37-28-71(29-37)50-25-49(79-68-50)51(34(2)3)59(77)73-32-45(75)24-48(73)58(76)64-35(4)39-10-12-40(13-11-39)56-36(5)63-33-80-56/h7-13,22-23,25-26,33-35,37,42-43,45,48,51,65,74-75H,6,14-21,24,27-32H2,1-5H3,(H,64,76)/t35?,42?,43?,45-,48+,51?/m1/s1. The van der Waals surface area contributed by atoms with Gasteiger partial charge in [-0.05, 0) is 78.6 Å². The number of hydrogen-bond acceptors (Lipinski definition) is 17. The summed E-state index contributed by atoms with van der Waals surface area (Å²) >= 11 is 1.59. The minimum atomic E-state index is -0.820. The number of β-amino-alcohol motifs (C(OH)–C–C–N with tert-alkyl or cyclic N) is 1. The molecular formula is C60H71FN12O6S. The van der Waals surface area contributed by atoms with E-state index in [1.807, 2.05) is 81.7 Å². The maximum atomic E-state index is 17.1. The fourth-order valence-electron chi connectivity index (χ4n) is 12.8. The first-order chi connectivity index (χ1) is 38.7. The predicted octanol–water partition coefficient (Wildman–Crippen LogP) is 7.32. The number of pyridine rings is 1. The zero-order valence-electron chi connectivity index (χ0n) is 46.1. The number of fused-ring (bicyclic) bond motifs is 4. The molecule has 4 N–H and O–H groups in total. The zero-order valence-corrected chi connectivity index (χ0v) is 47.0. The van der Waals surface area contributed by atoms with Crippen LogP contribution < -0.4 is 25.2 Å². The van der Waals surface area contributed by atoms with E-state index in [0.717, 1.165) is 116 Å². The number of aliphatic hydroxyl groups excluding tert-OH is 1. The van der Waals surface area contributed by atoms with Crippen molar-refractivity contribution in [2.75, 3.05) is 88.4 Å². The summed E-state index contributed by atoms with van der Waals surface area (Å²) in [5.41, 5.74) is 6.66. The lowest BCUT2D eigenvalue weighted by Crippen LogP contribution is -2.55. The van der Waals surface area contributed by atoms with E-state index in [1.165, 1.54) is 4.90 Å². The number of thiazole rings is 1. The molecule has 5 aliphatic rings. The second-order valence-corrected chi connectivity index (χ2v) is 23.9. The fraction of sp³-hybridized carbons (Fsp3) is 0.483. The van der Waals surface area contributed by atoms with Crippen molar-refractivity contribution in [3.63, 3.8) is 0 Å². The Labute approximate surface area is 469 Å². The number of nitrogens with one attached hydrogen (secondary N) is 2. The summed E-state index contributed by atoms with van der Waals surface area (Å²) in [7, 11) is 0. The molecule has 5 saturated heterocycles. The number of halogens is 1. The lowest BCUT2D eigenvalue weighted by Gasteiger charge is -2.43. The third kappa shape index (κ3) is 10.8. The van der Waals surface area contributed by atoms with Gasteiger partial charge in [-0.3, -0.25) is 19.5 Å².